The topological polar surface area (TPSA) is 46.9 Å². The molecule has 0 spiro atoms. The van der Waals surface area contributed by atoms with Gasteiger partial charge in [-0.25, -0.2) is 9.37 Å². The fraction of sp³-hybridized carbons (Fsp3) is 0.231. The second-order valence-corrected chi connectivity index (χ2v) is 4.37. The van der Waals surface area contributed by atoms with Gasteiger partial charge in [0.1, 0.15) is 11.5 Å². The zero-order chi connectivity index (χ0) is 12.5. The number of carbonyl (C=O) groups is 1. The Morgan fingerprint density at radius 3 is 2.72 bits per heavy atom. The number of aromatic nitrogens is 2. The average Bonchev–Trinajstić information content (AvgIpc) is 3.04. The van der Waals surface area contributed by atoms with E-state index >= 15 is 0 Å². The SMILES string of the molecule is O=C(NC1CC1)c1cncn1-c1ccc(F)cc1. The summed E-state index contributed by atoms with van der Waals surface area (Å²) in [4.78, 5) is 15.9. The molecular weight excluding hydrogens is 233 g/mol. The largest absolute Gasteiger partial charge is 0.348 e. The molecule has 18 heavy (non-hydrogen) atoms. The minimum absolute atomic E-state index is 0.140. The Kier molecular flexibility index (Phi) is 2.59. The molecule has 4 nitrogen and oxygen atoms in total. The van der Waals surface area contributed by atoms with Crippen molar-refractivity contribution >= 4 is 5.91 Å². The molecule has 0 aliphatic heterocycles. The molecule has 1 aromatic carbocycles. The first-order valence-electron chi connectivity index (χ1n) is 5.83. The molecule has 1 fully saturated rings. The van der Waals surface area contributed by atoms with Gasteiger partial charge in [-0.3, -0.25) is 9.36 Å². The van der Waals surface area contributed by atoms with Gasteiger partial charge < -0.3 is 5.32 Å². The van der Waals surface area contributed by atoms with Crippen LogP contribution in [0, 0.1) is 5.82 Å². The van der Waals surface area contributed by atoms with Crippen LogP contribution in [0.1, 0.15) is 23.3 Å². The van der Waals surface area contributed by atoms with Crippen molar-refractivity contribution in [2.45, 2.75) is 18.9 Å². The van der Waals surface area contributed by atoms with Crippen molar-refractivity contribution in [3.8, 4) is 5.69 Å². The summed E-state index contributed by atoms with van der Waals surface area (Å²) < 4.78 is 14.5. The first-order valence-corrected chi connectivity index (χ1v) is 5.83. The number of benzene rings is 1. The Morgan fingerprint density at radius 2 is 2.06 bits per heavy atom. The molecule has 92 valence electrons. The number of carbonyl (C=O) groups excluding carboxylic acids is 1. The van der Waals surface area contributed by atoms with Crippen molar-refractivity contribution in [3.63, 3.8) is 0 Å². The van der Waals surface area contributed by atoms with Crippen molar-refractivity contribution in [2.75, 3.05) is 0 Å². The molecule has 0 bridgehead atoms. The van der Waals surface area contributed by atoms with Crippen LogP contribution < -0.4 is 5.32 Å². The predicted molar refractivity (Wildman–Crippen MR) is 64.0 cm³/mol. The van der Waals surface area contributed by atoms with E-state index in [1.807, 2.05) is 0 Å². The number of hydrogen-bond acceptors (Lipinski definition) is 2. The van der Waals surface area contributed by atoms with E-state index in [1.165, 1.54) is 18.3 Å². The highest BCUT2D eigenvalue weighted by Gasteiger charge is 2.25. The Hall–Kier alpha value is -2.17. The third-order valence-electron chi connectivity index (χ3n) is 2.89. The molecule has 1 aliphatic rings. The summed E-state index contributed by atoms with van der Waals surface area (Å²) in [6, 6.07) is 6.25. The Morgan fingerprint density at radius 1 is 1.33 bits per heavy atom. The Labute approximate surface area is 103 Å². The molecule has 0 unspecified atom stereocenters. The molecule has 5 heteroatoms. The minimum atomic E-state index is -0.303. The van der Waals surface area contributed by atoms with Crippen LogP contribution in [0.5, 0.6) is 0 Å². The molecule has 1 saturated carbocycles. The van der Waals surface area contributed by atoms with Crippen molar-refractivity contribution < 1.29 is 9.18 Å². The monoisotopic (exact) mass is 245 g/mol. The highest BCUT2D eigenvalue weighted by molar-refractivity contribution is 5.93. The van der Waals surface area contributed by atoms with Crippen LogP contribution in [0.25, 0.3) is 5.69 Å². The summed E-state index contributed by atoms with van der Waals surface area (Å²) in [7, 11) is 0. The lowest BCUT2D eigenvalue weighted by Crippen LogP contribution is -2.27. The van der Waals surface area contributed by atoms with Crippen LogP contribution in [0.4, 0.5) is 4.39 Å². The standard InChI is InChI=1S/C13H12FN3O/c14-9-1-5-11(6-2-9)17-8-15-7-12(17)13(18)16-10-3-4-10/h1-2,5-8,10H,3-4H2,(H,16,18). The average molecular weight is 245 g/mol. The van der Waals surface area contributed by atoms with E-state index < -0.39 is 0 Å². The maximum Gasteiger partial charge on any atom is 0.270 e. The maximum absolute atomic E-state index is 12.9. The van der Waals surface area contributed by atoms with Gasteiger partial charge in [0, 0.05) is 11.7 Å². The van der Waals surface area contributed by atoms with Crippen LogP contribution in [0.3, 0.4) is 0 Å². The van der Waals surface area contributed by atoms with Crippen LogP contribution in [0.2, 0.25) is 0 Å². The maximum atomic E-state index is 12.9. The molecule has 1 amide bonds. The molecule has 1 heterocycles. The van der Waals surface area contributed by atoms with Crippen LogP contribution >= 0.6 is 0 Å². The first-order chi connectivity index (χ1) is 8.74. The van der Waals surface area contributed by atoms with E-state index in [-0.39, 0.29) is 11.7 Å². The Balaban J connectivity index is 1.90. The van der Waals surface area contributed by atoms with Crippen molar-refractivity contribution in [1.82, 2.24) is 14.9 Å². The molecule has 3 rings (SSSR count). The number of hydrogen-bond donors (Lipinski definition) is 1. The van der Waals surface area contributed by atoms with Gasteiger partial charge in [0.05, 0.1) is 12.5 Å². The van der Waals surface area contributed by atoms with Gasteiger partial charge in [-0.05, 0) is 37.1 Å². The van der Waals surface area contributed by atoms with Gasteiger partial charge in [0.2, 0.25) is 0 Å². The number of nitrogens with one attached hydrogen (secondary N) is 1. The van der Waals surface area contributed by atoms with E-state index in [9.17, 15) is 9.18 Å². The van der Waals surface area contributed by atoms with Gasteiger partial charge in [0.25, 0.3) is 5.91 Å². The quantitative estimate of drug-likeness (QED) is 0.897. The molecule has 1 aliphatic carbocycles. The number of halogens is 1. The number of rotatable bonds is 3. The van der Waals surface area contributed by atoms with E-state index in [0.29, 0.717) is 11.7 Å². The molecule has 0 radical (unpaired) electrons. The third-order valence-corrected chi connectivity index (χ3v) is 2.89. The summed E-state index contributed by atoms with van der Waals surface area (Å²) in [5.41, 5.74) is 1.18. The summed E-state index contributed by atoms with van der Waals surface area (Å²) in [5.74, 6) is -0.442. The Bertz CT molecular complexity index is 572. The zero-order valence-electron chi connectivity index (χ0n) is 9.64. The van der Waals surface area contributed by atoms with Crippen LogP contribution in [0.15, 0.2) is 36.8 Å². The lowest BCUT2D eigenvalue weighted by atomic mass is 10.3. The highest BCUT2D eigenvalue weighted by Crippen LogP contribution is 2.20. The van der Waals surface area contributed by atoms with Crippen LogP contribution in [-0.4, -0.2) is 21.5 Å². The van der Waals surface area contributed by atoms with Crippen LogP contribution in [-0.2, 0) is 0 Å². The van der Waals surface area contributed by atoms with Crippen molar-refractivity contribution in [1.29, 1.82) is 0 Å². The fourth-order valence-corrected chi connectivity index (χ4v) is 1.76. The fourth-order valence-electron chi connectivity index (χ4n) is 1.76. The molecule has 0 atom stereocenters. The van der Waals surface area contributed by atoms with E-state index in [1.54, 1.807) is 23.0 Å². The summed E-state index contributed by atoms with van der Waals surface area (Å²) in [5, 5.41) is 2.90. The summed E-state index contributed by atoms with van der Waals surface area (Å²) >= 11 is 0. The van der Waals surface area contributed by atoms with Gasteiger partial charge in [-0.2, -0.15) is 0 Å². The minimum Gasteiger partial charge on any atom is -0.348 e. The number of nitrogens with zero attached hydrogens (tertiary/aromatic N) is 2. The predicted octanol–water partition coefficient (Wildman–Crippen LogP) is 1.90. The summed E-state index contributed by atoms with van der Waals surface area (Å²) in [6.45, 7) is 0. The molecule has 1 aromatic heterocycles. The second-order valence-electron chi connectivity index (χ2n) is 4.37. The number of amides is 1. The van der Waals surface area contributed by atoms with Gasteiger partial charge in [-0.15, -0.1) is 0 Å². The van der Waals surface area contributed by atoms with Crippen molar-refractivity contribution in [3.05, 3.63) is 48.3 Å². The number of imidazole rings is 1. The van der Waals surface area contributed by atoms with E-state index in [0.717, 1.165) is 18.5 Å². The highest BCUT2D eigenvalue weighted by atomic mass is 19.1. The first kappa shape index (κ1) is 11.0. The van der Waals surface area contributed by atoms with Gasteiger partial charge in [-0.1, -0.05) is 0 Å². The van der Waals surface area contributed by atoms with Gasteiger partial charge in [0.15, 0.2) is 0 Å². The third kappa shape index (κ3) is 2.11. The zero-order valence-corrected chi connectivity index (χ0v) is 9.64. The molecule has 0 saturated heterocycles. The lowest BCUT2D eigenvalue weighted by Gasteiger charge is -2.08. The second kappa shape index (κ2) is 4.25. The van der Waals surface area contributed by atoms with E-state index in [2.05, 4.69) is 10.3 Å². The molecule has 2 aromatic rings. The lowest BCUT2D eigenvalue weighted by molar-refractivity contribution is 0.0944. The molecular formula is C13H12FN3O. The van der Waals surface area contributed by atoms with E-state index in [4.69, 9.17) is 0 Å². The van der Waals surface area contributed by atoms with Gasteiger partial charge >= 0.3 is 0 Å². The van der Waals surface area contributed by atoms with Crippen molar-refractivity contribution in [2.24, 2.45) is 0 Å². The smallest absolute Gasteiger partial charge is 0.270 e. The normalized spacial score (nSPS) is 14.5. The molecule has 1 N–H and O–H groups in total. The summed E-state index contributed by atoms with van der Waals surface area (Å²) in [6.07, 6.45) is 5.14.